The summed E-state index contributed by atoms with van der Waals surface area (Å²) >= 11 is 0. The molecule has 0 bridgehead atoms. The van der Waals surface area contributed by atoms with Crippen LogP contribution in [0.15, 0.2) is 71.5 Å². The largest absolute Gasteiger partial charge is 0.352 e. The van der Waals surface area contributed by atoms with E-state index in [1.807, 2.05) is 48.5 Å². The van der Waals surface area contributed by atoms with E-state index in [1.54, 1.807) is 10.6 Å². The number of carbonyl (C=O) groups excluding carboxylic acids is 1. The molecule has 4 nitrogen and oxygen atoms in total. The molecular weight excluding hydrogens is 348 g/mol. The van der Waals surface area contributed by atoms with Crippen molar-refractivity contribution in [3.8, 4) is 11.1 Å². The quantitative estimate of drug-likeness (QED) is 0.740. The third-order valence-electron chi connectivity index (χ3n) is 5.32. The van der Waals surface area contributed by atoms with Crippen molar-refractivity contribution in [3.05, 3.63) is 93.9 Å². The molecule has 4 heteroatoms. The van der Waals surface area contributed by atoms with Crippen molar-refractivity contribution in [2.45, 2.75) is 32.2 Å². The van der Waals surface area contributed by atoms with Crippen molar-refractivity contribution in [1.82, 2.24) is 9.88 Å². The number of aromatic nitrogens is 1. The molecule has 0 fully saturated rings. The summed E-state index contributed by atoms with van der Waals surface area (Å²) in [5.74, 6) is -0.0968. The third kappa shape index (κ3) is 3.77. The summed E-state index contributed by atoms with van der Waals surface area (Å²) in [4.78, 5) is 25.8. The second-order valence-corrected chi connectivity index (χ2v) is 7.18. The monoisotopic (exact) mass is 372 g/mol. The zero-order chi connectivity index (χ0) is 19.3. The van der Waals surface area contributed by atoms with Gasteiger partial charge < -0.3 is 9.88 Å². The molecule has 1 aliphatic rings. The van der Waals surface area contributed by atoms with Crippen LogP contribution >= 0.6 is 0 Å². The minimum Gasteiger partial charge on any atom is -0.352 e. The summed E-state index contributed by atoms with van der Waals surface area (Å²) in [5, 5.41) is 3.07. The molecule has 1 aliphatic heterocycles. The first-order chi connectivity index (χ1) is 13.7. The van der Waals surface area contributed by atoms with Gasteiger partial charge in [0.15, 0.2) is 0 Å². The maximum absolute atomic E-state index is 13.2. The van der Waals surface area contributed by atoms with Gasteiger partial charge in [0.25, 0.3) is 11.5 Å². The lowest BCUT2D eigenvalue weighted by atomic mass is 9.94. The van der Waals surface area contributed by atoms with Crippen LogP contribution in [-0.2, 0) is 19.4 Å². The van der Waals surface area contributed by atoms with Crippen LogP contribution in [0.5, 0.6) is 0 Å². The summed E-state index contributed by atoms with van der Waals surface area (Å²) in [5.41, 5.74) is 4.33. The number of carbonyl (C=O) groups is 1. The molecule has 4 rings (SSSR count). The highest BCUT2D eigenvalue weighted by Crippen LogP contribution is 2.27. The van der Waals surface area contributed by atoms with E-state index >= 15 is 0 Å². The lowest BCUT2D eigenvalue weighted by molar-refractivity contribution is 0.0952. The number of pyridine rings is 1. The number of nitrogens with one attached hydrogen (secondary N) is 1. The molecule has 0 aliphatic carbocycles. The van der Waals surface area contributed by atoms with Crippen molar-refractivity contribution < 1.29 is 4.79 Å². The molecule has 0 saturated carbocycles. The smallest absolute Gasteiger partial charge is 0.253 e. The first kappa shape index (κ1) is 18.2. The summed E-state index contributed by atoms with van der Waals surface area (Å²) in [6, 6.07) is 21.5. The number of nitrogens with zero attached hydrogens (tertiary/aromatic N) is 1. The van der Waals surface area contributed by atoms with Gasteiger partial charge in [-0.15, -0.1) is 0 Å². The van der Waals surface area contributed by atoms with Crippen molar-refractivity contribution in [2.75, 3.05) is 6.54 Å². The van der Waals surface area contributed by atoms with Crippen molar-refractivity contribution in [3.63, 3.8) is 0 Å². The first-order valence-corrected chi connectivity index (χ1v) is 9.88. The highest BCUT2D eigenvalue weighted by Gasteiger charge is 2.23. The molecule has 1 N–H and O–H groups in total. The number of hydrogen-bond acceptors (Lipinski definition) is 2. The fourth-order valence-electron chi connectivity index (χ4n) is 3.92. The standard InChI is InChI=1S/C24H24N2O2/c27-22-17-20(19-11-5-2-6-12-19)23(21-13-7-8-16-26(21)22)24(28)25-15-14-18-9-3-1-4-10-18/h1-6,9-12,17H,7-8,13-16H2,(H,25,28). The second kappa shape index (κ2) is 8.26. The fraction of sp³-hybridized carbons (Fsp3) is 0.250. The SMILES string of the molecule is O=C(NCCc1ccccc1)c1c(-c2ccccc2)cc(=O)n2c1CCCC2. The number of hydrogen-bond donors (Lipinski definition) is 1. The van der Waals surface area contributed by atoms with Crippen LogP contribution in [-0.4, -0.2) is 17.0 Å². The van der Waals surface area contributed by atoms with Crippen LogP contribution in [0.2, 0.25) is 0 Å². The van der Waals surface area contributed by atoms with Gasteiger partial charge in [-0.2, -0.15) is 0 Å². The molecule has 0 unspecified atom stereocenters. The maximum atomic E-state index is 13.2. The molecule has 3 aromatic rings. The Morgan fingerprint density at radius 2 is 1.68 bits per heavy atom. The van der Waals surface area contributed by atoms with Gasteiger partial charge in [-0.05, 0) is 36.8 Å². The number of benzene rings is 2. The van der Waals surface area contributed by atoms with Crippen LogP contribution in [0.25, 0.3) is 11.1 Å². The van der Waals surface area contributed by atoms with E-state index in [0.29, 0.717) is 18.7 Å². The van der Waals surface area contributed by atoms with Crippen molar-refractivity contribution in [1.29, 1.82) is 0 Å². The van der Waals surface area contributed by atoms with Gasteiger partial charge in [-0.1, -0.05) is 60.7 Å². The molecule has 0 atom stereocenters. The van der Waals surface area contributed by atoms with Crippen LogP contribution < -0.4 is 10.9 Å². The molecule has 0 radical (unpaired) electrons. The van der Waals surface area contributed by atoms with Crippen LogP contribution in [0.4, 0.5) is 0 Å². The van der Waals surface area contributed by atoms with Gasteiger partial charge in [0, 0.05) is 30.4 Å². The minimum absolute atomic E-state index is 0.0191. The Hall–Kier alpha value is -3.14. The second-order valence-electron chi connectivity index (χ2n) is 7.18. The molecule has 2 heterocycles. The molecule has 1 aromatic heterocycles. The van der Waals surface area contributed by atoms with Crippen molar-refractivity contribution in [2.24, 2.45) is 0 Å². The van der Waals surface area contributed by atoms with Crippen LogP contribution in [0, 0.1) is 0 Å². The summed E-state index contributed by atoms with van der Waals surface area (Å²) in [6.07, 6.45) is 3.52. The van der Waals surface area contributed by atoms with Gasteiger partial charge in [-0.3, -0.25) is 9.59 Å². The molecule has 0 saturated heterocycles. The van der Waals surface area contributed by atoms with Crippen LogP contribution in [0.1, 0.15) is 34.5 Å². The van der Waals surface area contributed by atoms with Gasteiger partial charge in [0.1, 0.15) is 0 Å². The Morgan fingerprint density at radius 3 is 2.43 bits per heavy atom. The molecule has 2 aromatic carbocycles. The molecule has 142 valence electrons. The number of rotatable bonds is 5. The summed E-state index contributed by atoms with van der Waals surface area (Å²) < 4.78 is 1.78. The lowest BCUT2D eigenvalue weighted by Crippen LogP contribution is -2.34. The number of amides is 1. The zero-order valence-corrected chi connectivity index (χ0v) is 15.9. The van der Waals surface area contributed by atoms with E-state index in [2.05, 4.69) is 17.4 Å². The topological polar surface area (TPSA) is 51.1 Å². The Balaban J connectivity index is 1.67. The highest BCUT2D eigenvalue weighted by atomic mass is 16.2. The van der Waals surface area contributed by atoms with Crippen molar-refractivity contribution >= 4 is 5.91 Å². The maximum Gasteiger partial charge on any atom is 0.253 e. The van der Waals surface area contributed by atoms with E-state index < -0.39 is 0 Å². The predicted molar refractivity (Wildman–Crippen MR) is 112 cm³/mol. The van der Waals surface area contributed by atoms with Gasteiger partial charge in [0.2, 0.25) is 0 Å². The predicted octanol–water partition coefficient (Wildman–Crippen LogP) is 3.82. The first-order valence-electron chi connectivity index (χ1n) is 9.88. The molecule has 28 heavy (non-hydrogen) atoms. The normalized spacial score (nSPS) is 13.0. The Kier molecular flexibility index (Phi) is 5.38. The average molecular weight is 372 g/mol. The van der Waals surface area contributed by atoms with Gasteiger partial charge in [-0.25, -0.2) is 0 Å². The van der Waals surface area contributed by atoms with E-state index in [9.17, 15) is 9.59 Å². The van der Waals surface area contributed by atoms with E-state index in [-0.39, 0.29) is 11.5 Å². The van der Waals surface area contributed by atoms with E-state index in [1.165, 1.54) is 5.56 Å². The molecule has 1 amide bonds. The lowest BCUT2D eigenvalue weighted by Gasteiger charge is -2.23. The minimum atomic E-state index is -0.0968. The number of fused-ring (bicyclic) bond motifs is 1. The summed E-state index contributed by atoms with van der Waals surface area (Å²) in [6.45, 7) is 1.25. The van der Waals surface area contributed by atoms with Gasteiger partial charge in [0.05, 0.1) is 5.56 Å². The van der Waals surface area contributed by atoms with E-state index in [0.717, 1.165) is 42.5 Å². The van der Waals surface area contributed by atoms with Crippen LogP contribution in [0.3, 0.4) is 0 Å². The molecule has 0 spiro atoms. The Bertz CT molecular complexity index is 1020. The average Bonchev–Trinajstić information content (AvgIpc) is 2.75. The van der Waals surface area contributed by atoms with Gasteiger partial charge >= 0.3 is 0 Å². The fourth-order valence-corrected chi connectivity index (χ4v) is 3.92. The summed E-state index contributed by atoms with van der Waals surface area (Å²) in [7, 11) is 0. The Labute approximate surface area is 164 Å². The Morgan fingerprint density at radius 1 is 0.964 bits per heavy atom. The zero-order valence-electron chi connectivity index (χ0n) is 15.9. The third-order valence-corrected chi connectivity index (χ3v) is 5.32. The van der Waals surface area contributed by atoms with E-state index in [4.69, 9.17) is 0 Å². The highest BCUT2D eigenvalue weighted by molar-refractivity contribution is 6.02. The molecular formula is C24H24N2O2.